The molecule has 0 unspecified atom stereocenters. The van der Waals surface area contributed by atoms with Gasteiger partial charge < -0.3 is 0 Å². The van der Waals surface area contributed by atoms with Crippen LogP contribution >= 0.6 is 0 Å². The summed E-state index contributed by atoms with van der Waals surface area (Å²) in [7, 11) is -7.04. The second-order valence-corrected chi connectivity index (χ2v) is 11.5. The summed E-state index contributed by atoms with van der Waals surface area (Å²) in [6.45, 7) is 3.57. The van der Waals surface area contributed by atoms with E-state index in [1.165, 1.54) is 4.68 Å². The molecule has 158 valence electrons. The number of aromatic nitrogens is 2. The zero-order valence-corrected chi connectivity index (χ0v) is 18.4. The third-order valence-electron chi connectivity index (χ3n) is 5.23. The van der Waals surface area contributed by atoms with Crippen LogP contribution in [-0.4, -0.2) is 38.1 Å². The Bertz CT molecular complexity index is 1300. The molecule has 30 heavy (non-hydrogen) atoms. The molecule has 2 heterocycles. The third kappa shape index (κ3) is 4.13. The fourth-order valence-electron chi connectivity index (χ4n) is 3.66. The summed E-state index contributed by atoms with van der Waals surface area (Å²) in [4.78, 5) is 0.190. The number of nitrogens with zero attached hydrogens (tertiary/aromatic N) is 2. The summed E-state index contributed by atoms with van der Waals surface area (Å²) < 4.78 is 54.5. The molecule has 1 aromatic heterocycles. The van der Waals surface area contributed by atoms with Gasteiger partial charge in [-0.05, 0) is 37.5 Å². The normalized spacial score (nSPS) is 18.4. The van der Waals surface area contributed by atoms with Crippen molar-refractivity contribution < 1.29 is 16.8 Å². The molecule has 1 atom stereocenters. The minimum atomic E-state index is -3.88. The number of sulfone groups is 1. The van der Waals surface area contributed by atoms with Crippen LogP contribution in [0, 0.1) is 13.8 Å². The third-order valence-corrected chi connectivity index (χ3v) is 8.48. The maximum atomic E-state index is 13.1. The summed E-state index contributed by atoms with van der Waals surface area (Å²) in [5.74, 6) is 0.277. The largest absolute Gasteiger partial charge is 0.264 e. The molecule has 1 fully saturated rings. The average Bonchev–Trinajstić information content (AvgIpc) is 3.26. The quantitative estimate of drug-likeness (QED) is 0.650. The first-order valence-electron chi connectivity index (χ1n) is 9.60. The van der Waals surface area contributed by atoms with E-state index in [0.717, 1.165) is 11.1 Å². The lowest BCUT2D eigenvalue weighted by Gasteiger charge is -2.15. The first-order valence-corrected chi connectivity index (χ1v) is 12.9. The highest BCUT2D eigenvalue weighted by Gasteiger charge is 2.32. The number of hydrogen-bond donors (Lipinski definition) is 1. The molecule has 0 saturated carbocycles. The molecule has 0 amide bonds. The first kappa shape index (κ1) is 20.6. The van der Waals surface area contributed by atoms with Crippen LogP contribution in [0.4, 0.5) is 5.82 Å². The van der Waals surface area contributed by atoms with Crippen molar-refractivity contribution in [3.63, 3.8) is 0 Å². The molecular weight excluding hydrogens is 422 g/mol. The van der Waals surface area contributed by atoms with E-state index in [4.69, 9.17) is 0 Å². The van der Waals surface area contributed by atoms with Gasteiger partial charge in [0.2, 0.25) is 0 Å². The van der Waals surface area contributed by atoms with Crippen LogP contribution in [0.1, 0.15) is 23.6 Å². The standard InChI is InChI=1S/C21H23N3O4S2/c1-15-8-9-16(2)20(12-15)30(27,28)23-21-13-19(17-6-4-3-5-7-17)22-24(21)18-10-11-29(25,26)14-18/h3-9,12-13,18,23H,10-11,14H2,1-2H3/t18-/m0/s1. The van der Waals surface area contributed by atoms with Crippen LogP contribution < -0.4 is 4.72 Å². The maximum absolute atomic E-state index is 13.1. The number of aryl methyl sites for hydroxylation is 2. The molecule has 1 aliphatic heterocycles. The number of hydrogen-bond acceptors (Lipinski definition) is 5. The van der Waals surface area contributed by atoms with Crippen LogP contribution in [0.2, 0.25) is 0 Å². The fraction of sp³-hybridized carbons (Fsp3) is 0.286. The van der Waals surface area contributed by atoms with E-state index in [9.17, 15) is 16.8 Å². The summed E-state index contributed by atoms with van der Waals surface area (Å²) in [5, 5.41) is 4.57. The van der Waals surface area contributed by atoms with E-state index in [1.54, 1.807) is 25.1 Å². The van der Waals surface area contributed by atoms with E-state index in [-0.39, 0.29) is 22.2 Å². The molecule has 0 radical (unpaired) electrons. The minimum absolute atomic E-state index is 0.0545. The van der Waals surface area contributed by atoms with E-state index >= 15 is 0 Å². The van der Waals surface area contributed by atoms with Gasteiger partial charge in [0.15, 0.2) is 9.84 Å². The van der Waals surface area contributed by atoms with Gasteiger partial charge in [0.25, 0.3) is 10.0 Å². The Balaban J connectivity index is 1.78. The Morgan fingerprint density at radius 3 is 2.47 bits per heavy atom. The Hall–Kier alpha value is -2.65. The molecule has 9 heteroatoms. The number of anilines is 1. The van der Waals surface area contributed by atoms with E-state index in [2.05, 4.69) is 9.82 Å². The van der Waals surface area contributed by atoms with Crippen LogP contribution in [0.3, 0.4) is 0 Å². The van der Waals surface area contributed by atoms with Gasteiger partial charge in [0, 0.05) is 11.6 Å². The number of benzene rings is 2. The lowest BCUT2D eigenvalue weighted by molar-refractivity contribution is 0.507. The van der Waals surface area contributed by atoms with E-state index in [0.29, 0.717) is 17.7 Å². The molecule has 1 N–H and O–H groups in total. The predicted molar refractivity (Wildman–Crippen MR) is 117 cm³/mol. The molecule has 4 rings (SSSR count). The van der Waals surface area contributed by atoms with Gasteiger partial charge in [-0.25, -0.2) is 21.5 Å². The summed E-state index contributed by atoms with van der Waals surface area (Å²) >= 11 is 0. The van der Waals surface area contributed by atoms with Gasteiger partial charge in [-0.15, -0.1) is 0 Å². The van der Waals surface area contributed by atoms with E-state index in [1.807, 2.05) is 43.3 Å². The van der Waals surface area contributed by atoms with Crippen molar-refractivity contribution in [2.45, 2.75) is 31.2 Å². The highest BCUT2D eigenvalue weighted by atomic mass is 32.2. The Morgan fingerprint density at radius 2 is 1.80 bits per heavy atom. The van der Waals surface area contributed by atoms with Gasteiger partial charge >= 0.3 is 0 Å². The smallest absolute Gasteiger partial charge is 0.263 e. The maximum Gasteiger partial charge on any atom is 0.263 e. The molecule has 1 saturated heterocycles. The predicted octanol–water partition coefficient (Wildman–Crippen LogP) is 3.33. The molecule has 3 aromatic rings. The van der Waals surface area contributed by atoms with Gasteiger partial charge in [0.05, 0.1) is 28.1 Å². The monoisotopic (exact) mass is 445 g/mol. The SMILES string of the molecule is Cc1ccc(C)c(S(=O)(=O)Nc2cc(-c3ccccc3)nn2[C@H]2CCS(=O)(=O)C2)c1. The zero-order chi connectivity index (χ0) is 21.5. The molecular formula is C21H23N3O4S2. The lowest BCUT2D eigenvalue weighted by atomic mass is 10.2. The van der Waals surface area contributed by atoms with Crippen LogP contribution in [0.25, 0.3) is 11.3 Å². The lowest BCUT2D eigenvalue weighted by Crippen LogP contribution is -2.20. The topological polar surface area (TPSA) is 98.1 Å². The van der Waals surface area contributed by atoms with Crippen molar-refractivity contribution in [2.24, 2.45) is 0 Å². The molecule has 7 nitrogen and oxygen atoms in total. The van der Waals surface area contributed by atoms with Crippen molar-refractivity contribution in [2.75, 3.05) is 16.2 Å². The van der Waals surface area contributed by atoms with Crippen LogP contribution in [0.15, 0.2) is 59.5 Å². The fourth-order valence-corrected chi connectivity index (χ4v) is 6.72. The summed E-state index contributed by atoms with van der Waals surface area (Å²) in [5.41, 5.74) is 2.87. The van der Waals surface area contributed by atoms with Crippen molar-refractivity contribution >= 4 is 25.7 Å². The average molecular weight is 446 g/mol. The van der Waals surface area contributed by atoms with Gasteiger partial charge in [-0.3, -0.25) is 4.72 Å². The Labute approximate surface area is 176 Å². The van der Waals surface area contributed by atoms with Crippen molar-refractivity contribution in [3.8, 4) is 11.3 Å². The van der Waals surface area contributed by atoms with Gasteiger partial charge in [-0.1, -0.05) is 42.5 Å². The van der Waals surface area contributed by atoms with Crippen LogP contribution in [-0.2, 0) is 19.9 Å². The van der Waals surface area contributed by atoms with E-state index < -0.39 is 25.9 Å². The van der Waals surface area contributed by atoms with Gasteiger partial charge in [-0.2, -0.15) is 5.10 Å². The molecule has 2 aromatic carbocycles. The van der Waals surface area contributed by atoms with Crippen molar-refractivity contribution in [3.05, 3.63) is 65.7 Å². The molecule has 0 bridgehead atoms. The van der Waals surface area contributed by atoms with Crippen molar-refractivity contribution in [1.82, 2.24) is 9.78 Å². The highest BCUT2D eigenvalue weighted by molar-refractivity contribution is 7.92. The molecule has 0 aliphatic carbocycles. The minimum Gasteiger partial charge on any atom is -0.264 e. The van der Waals surface area contributed by atoms with Crippen LogP contribution in [0.5, 0.6) is 0 Å². The second kappa shape index (κ2) is 7.55. The highest BCUT2D eigenvalue weighted by Crippen LogP contribution is 2.31. The summed E-state index contributed by atoms with van der Waals surface area (Å²) in [6.07, 6.45) is 0.399. The number of sulfonamides is 1. The number of nitrogens with one attached hydrogen (secondary N) is 1. The summed E-state index contributed by atoms with van der Waals surface area (Å²) in [6, 6.07) is 15.9. The zero-order valence-electron chi connectivity index (χ0n) is 16.7. The molecule has 1 aliphatic rings. The number of rotatable bonds is 5. The second-order valence-electron chi connectivity index (χ2n) is 7.66. The Morgan fingerprint density at radius 1 is 1.07 bits per heavy atom. The first-order chi connectivity index (χ1) is 14.1. The Kier molecular flexibility index (Phi) is 5.19. The van der Waals surface area contributed by atoms with Crippen molar-refractivity contribution in [1.29, 1.82) is 0 Å². The van der Waals surface area contributed by atoms with Gasteiger partial charge in [0.1, 0.15) is 5.82 Å². The molecule has 0 spiro atoms.